The van der Waals surface area contributed by atoms with Crippen molar-refractivity contribution in [1.82, 2.24) is 4.98 Å². The van der Waals surface area contributed by atoms with Crippen LogP contribution in [-0.2, 0) is 4.74 Å². The lowest BCUT2D eigenvalue weighted by Crippen LogP contribution is -2.16. The highest BCUT2D eigenvalue weighted by molar-refractivity contribution is 5.53. The Labute approximate surface area is 114 Å². The Morgan fingerprint density at radius 1 is 1.37 bits per heavy atom. The van der Waals surface area contributed by atoms with Crippen molar-refractivity contribution in [1.29, 1.82) is 0 Å². The monoisotopic (exact) mass is 265 g/mol. The van der Waals surface area contributed by atoms with Crippen LogP contribution in [0.5, 0.6) is 5.88 Å². The van der Waals surface area contributed by atoms with Crippen LogP contribution in [-0.4, -0.2) is 30.8 Å². The number of hydrogen-bond donors (Lipinski definition) is 2. The van der Waals surface area contributed by atoms with Crippen LogP contribution in [0.2, 0.25) is 0 Å². The summed E-state index contributed by atoms with van der Waals surface area (Å²) in [4.78, 5) is 4.32. The molecule has 1 aliphatic carbocycles. The molecule has 0 aliphatic heterocycles. The van der Waals surface area contributed by atoms with Gasteiger partial charge in [-0.1, -0.05) is 12.8 Å². The minimum atomic E-state index is 0.458. The van der Waals surface area contributed by atoms with E-state index >= 15 is 0 Å². The maximum atomic E-state index is 5.78. The Balaban J connectivity index is 1.74. The van der Waals surface area contributed by atoms with Gasteiger partial charge in [-0.15, -0.1) is 0 Å². The minimum Gasteiger partial charge on any atom is -0.476 e. The van der Waals surface area contributed by atoms with Crippen molar-refractivity contribution in [3.8, 4) is 5.88 Å². The zero-order chi connectivity index (χ0) is 13.5. The van der Waals surface area contributed by atoms with E-state index in [9.17, 15) is 0 Å². The van der Waals surface area contributed by atoms with Crippen molar-refractivity contribution in [3.63, 3.8) is 0 Å². The summed E-state index contributed by atoms with van der Waals surface area (Å²) >= 11 is 0. The van der Waals surface area contributed by atoms with Crippen molar-refractivity contribution in [2.75, 3.05) is 30.8 Å². The fourth-order valence-electron chi connectivity index (χ4n) is 2.26. The molecule has 1 aromatic rings. The molecule has 1 heterocycles. The van der Waals surface area contributed by atoms with Crippen LogP contribution < -0.4 is 15.8 Å². The zero-order valence-corrected chi connectivity index (χ0v) is 11.5. The van der Waals surface area contributed by atoms with Gasteiger partial charge in [0.2, 0.25) is 5.88 Å². The molecular formula is C14H23N3O2. The Kier molecular flexibility index (Phi) is 5.27. The van der Waals surface area contributed by atoms with Gasteiger partial charge >= 0.3 is 0 Å². The van der Waals surface area contributed by atoms with E-state index in [1.165, 1.54) is 25.7 Å². The normalized spacial score (nSPS) is 15.6. The molecule has 0 radical (unpaired) electrons. The Bertz CT molecular complexity index is 392. The molecule has 1 fully saturated rings. The molecule has 1 aliphatic rings. The fraction of sp³-hybridized carbons (Fsp3) is 0.643. The maximum Gasteiger partial charge on any atom is 0.239 e. The molecule has 0 bridgehead atoms. The van der Waals surface area contributed by atoms with Crippen molar-refractivity contribution in [3.05, 3.63) is 12.1 Å². The third kappa shape index (κ3) is 4.28. The number of anilines is 2. The van der Waals surface area contributed by atoms with Gasteiger partial charge in [0.25, 0.3) is 0 Å². The summed E-state index contributed by atoms with van der Waals surface area (Å²) in [6.45, 7) is 3.93. The molecule has 1 aromatic heterocycles. The Morgan fingerprint density at radius 2 is 2.16 bits per heavy atom. The predicted molar refractivity (Wildman–Crippen MR) is 76.5 cm³/mol. The summed E-state index contributed by atoms with van der Waals surface area (Å²) in [7, 11) is 0. The summed E-state index contributed by atoms with van der Waals surface area (Å²) in [6.07, 6.45) is 5.47. The highest BCUT2D eigenvalue weighted by Crippen LogP contribution is 2.21. The summed E-state index contributed by atoms with van der Waals surface area (Å²) < 4.78 is 11.1. The summed E-state index contributed by atoms with van der Waals surface area (Å²) in [5.41, 5.74) is 6.34. The second kappa shape index (κ2) is 7.19. The van der Waals surface area contributed by atoms with E-state index in [-0.39, 0.29) is 0 Å². The molecule has 0 aromatic carbocycles. The predicted octanol–water partition coefficient (Wildman–Crippen LogP) is 2.43. The van der Waals surface area contributed by atoms with E-state index in [0.717, 1.165) is 12.4 Å². The van der Waals surface area contributed by atoms with E-state index in [1.807, 2.05) is 13.0 Å². The highest BCUT2D eigenvalue weighted by atomic mass is 16.5. The average Bonchev–Trinajstić information content (AvgIpc) is 2.92. The topological polar surface area (TPSA) is 69.4 Å². The smallest absolute Gasteiger partial charge is 0.239 e. The molecule has 0 amide bonds. The lowest BCUT2D eigenvalue weighted by atomic mass is 10.3. The van der Waals surface area contributed by atoms with E-state index in [2.05, 4.69) is 10.3 Å². The number of nitrogens with zero attached hydrogens (tertiary/aromatic N) is 1. The van der Waals surface area contributed by atoms with Gasteiger partial charge in [0.1, 0.15) is 5.82 Å². The fourth-order valence-corrected chi connectivity index (χ4v) is 2.26. The number of nitrogens with two attached hydrogens (primary N) is 1. The molecule has 5 heteroatoms. The van der Waals surface area contributed by atoms with Gasteiger partial charge < -0.3 is 20.5 Å². The molecule has 2 rings (SSSR count). The quantitative estimate of drug-likeness (QED) is 0.741. The molecular weight excluding hydrogens is 242 g/mol. The first-order valence-corrected chi connectivity index (χ1v) is 7.04. The number of nitrogen functional groups attached to an aromatic ring is 1. The van der Waals surface area contributed by atoms with Crippen molar-refractivity contribution in [2.24, 2.45) is 0 Å². The van der Waals surface area contributed by atoms with Crippen LogP contribution in [0.4, 0.5) is 11.5 Å². The standard InChI is InChI=1S/C14H23N3O2/c1-2-18-14-12(15)7-8-13(17-14)16-9-10-19-11-5-3-4-6-11/h7-8,11H,2-6,9-10,15H2,1H3,(H,16,17). The zero-order valence-electron chi connectivity index (χ0n) is 11.5. The van der Waals surface area contributed by atoms with Gasteiger partial charge in [0.15, 0.2) is 0 Å². The van der Waals surface area contributed by atoms with Crippen LogP contribution in [0.25, 0.3) is 0 Å². The van der Waals surface area contributed by atoms with Crippen LogP contribution in [0.1, 0.15) is 32.6 Å². The number of ether oxygens (including phenoxy) is 2. The number of nitrogens with one attached hydrogen (secondary N) is 1. The lowest BCUT2D eigenvalue weighted by molar-refractivity contribution is 0.0658. The van der Waals surface area contributed by atoms with Crippen molar-refractivity contribution in [2.45, 2.75) is 38.7 Å². The van der Waals surface area contributed by atoms with Crippen molar-refractivity contribution >= 4 is 11.5 Å². The first-order valence-electron chi connectivity index (χ1n) is 7.04. The van der Waals surface area contributed by atoms with Crippen LogP contribution in [0.15, 0.2) is 12.1 Å². The van der Waals surface area contributed by atoms with Crippen LogP contribution in [0.3, 0.4) is 0 Å². The van der Waals surface area contributed by atoms with Crippen molar-refractivity contribution < 1.29 is 9.47 Å². The van der Waals surface area contributed by atoms with E-state index in [1.54, 1.807) is 6.07 Å². The second-order valence-electron chi connectivity index (χ2n) is 4.73. The van der Waals surface area contributed by atoms with Gasteiger partial charge in [0, 0.05) is 6.54 Å². The Morgan fingerprint density at radius 3 is 2.89 bits per heavy atom. The Hall–Kier alpha value is -1.49. The summed E-state index contributed by atoms with van der Waals surface area (Å²) in [5, 5.41) is 3.22. The minimum absolute atomic E-state index is 0.458. The number of hydrogen-bond acceptors (Lipinski definition) is 5. The molecule has 5 nitrogen and oxygen atoms in total. The highest BCUT2D eigenvalue weighted by Gasteiger charge is 2.14. The van der Waals surface area contributed by atoms with Gasteiger partial charge in [-0.05, 0) is 31.9 Å². The molecule has 19 heavy (non-hydrogen) atoms. The van der Waals surface area contributed by atoms with E-state index in [0.29, 0.717) is 30.9 Å². The molecule has 0 unspecified atom stereocenters. The van der Waals surface area contributed by atoms with E-state index in [4.69, 9.17) is 15.2 Å². The SMILES string of the molecule is CCOc1nc(NCCOC2CCCC2)ccc1N. The second-order valence-corrected chi connectivity index (χ2v) is 4.73. The first-order chi connectivity index (χ1) is 9.29. The van der Waals surface area contributed by atoms with Crippen LogP contribution in [0, 0.1) is 0 Å². The number of rotatable bonds is 7. The molecule has 0 spiro atoms. The third-order valence-corrected chi connectivity index (χ3v) is 3.23. The molecule has 0 saturated heterocycles. The maximum absolute atomic E-state index is 5.78. The van der Waals surface area contributed by atoms with Gasteiger partial charge in [-0.3, -0.25) is 0 Å². The van der Waals surface area contributed by atoms with Gasteiger partial charge in [-0.25, -0.2) is 0 Å². The molecule has 0 atom stereocenters. The third-order valence-electron chi connectivity index (χ3n) is 3.23. The van der Waals surface area contributed by atoms with Gasteiger partial charge in [-0.2, -0.15) is 4.98 Å². The molecule has 106 valence electrons. The summed E-state index contributed by atoms with van der Waals surface area (Å²) in [5.74, 6) is 1.26. The number of aromatic nitrogens is 1. The van der Waals surface area contributed by atoms with Crippen LogP contribution >= 0.6 is 0 Å². The van der Waals surface area contributed by atoms with E-state index < -0.39 is 0 Å². The van der Waals surface area contributed by atoms with Gasteiger partial charge in [0.05, 0.1) is 25.0 Å². The largest absolute Gasteiger partial charge is 0.476 e. The molecule has 1 saturated carbocycles. The lowest BCUT2D eigenvalue weighted by Gasteiger charge is -2.12. The average molecular weight is 265 g/mol. The molecule has 3 N–H and O–H groups in total. The first kappa shape index (κ1) is 13.9. The summed E-state index contributed by atoms with van der Waals surface area (Å²) in [6, 6.07) is 3.66. The number of pyridine rings is 1.